The minimum Gasteiger partial charge on any atom is -0.312 e. The van der Waals surface area contributed by atoms with Gasteiger partial charge in [0.15, 0.2) is 7.14 Å². The van der Waals surface area contributed by atoms with Gasteiger partial charge in [0.2, 0.25) is 0 Å². The SMILES string of the molecule is O=P(c1ccccc1)(c1ccccc1)C(NCc1ccccc1)c1ccncc1. The molecule has 0 aliphatic carbocycles. The fourth-order valence-corrected chi connectivity index (χ4v) is 6.62. The van der Waals surface area contributed by atoms with Crippen molar-refractivity contribution in [1.82, 2.24) is 10.3 Å². The normalized spacial score (nSPS) is 12.4. The molecular formula is C25H23N2OP. The first-order valence-electron chi connectivity index (χ1n) is 9.66. The van der Waals surface area contributed by atoms with Crippen molar-refractivity contribution in [3.8, 4) is 0 Å². The summed E-state index contributed by atoms with van der Waals surface area (Å²) in [6.45, 7) is 0.623. The van der Waals surface area contributed by atoms with Crippen molar-refractivity contribution in [2.75, 3.05) is 0 Å². The zero-order valence-corrected chi connectivity index (χ0v) is 17.0. The van der Waals surface area contributed by atoms with E-state index in [-0.39, 0.29) is 5.78 Å². The molecule has 0 fully saturated rings. The van der Waals surface area contributed by atoms with Gasteiger partial charge in [-0.3, -0.25) is 10.3 Å². The van der Waals surface area contributed by atoms with Crippen LogP contribution in [0.4, 0.5) is 0 Å². The summed E-state index contributed by atoms with van der Waals surface area (Å²) in [5, 5.41) is 5.28. The summed E-state index contributed by atoms with van der Waals surface area (Å²) in [7, 11) is -3.03. The number of hydrogen-bond acceptors (Lipinski definition) is 3. The molecule has 0 aliphatic rings. The monoisotopic (exact) mass is 398 g/mol. The van der Waals surface area contributed by atoms with E-state index in [0.29, 0.717) is 6.54 Å². The Morgan fingerprint density at radius 2 is 1.17 bits per heavy atom. The van der Waals surface area contributed by atoms with Crippen LogP contribution in [-0.2, 0) is 11.1 Å². The van der Waals surface area contributed by atoms with Crippen molar-refractivity contribution >= 4 is 17.8 Å². The van der Waals surface area contributed by atoms with Crippen molar-refractivity contribution in [3.05, 3.63) is 127 Å². The van der Waals surface area contributed by atoms with Crippen molar-refractivity contribution in [3.63, 3.8) is 0 Å². The first-order valence-corrected chi connectivity index (χ1v) is 11.4. The third-order valence-corrected chi connectivity index (χ3v) is 8.35. The molecule has 0 saturated heterocycles. The zero-order chi connectivity index (χ0) is 19.9. The molecule has 1 heterocycles. The molecule has 0 aliphatic heterocycles. The largest absolute Gasteiger partial charge is 0.312 e. The van der Waals surface area contributed by atoms with E-state index in [1.54, 1.807) is 12.4 Å². The Kier molecular flexibility index (Phi) is 6.00. The lowest BCUT2D eigenvalue weighted by Crippen LogP contribution is -2.30. The third kappa shape index (κ3) is 4.22. The Hall–Kier alpha value is -3.00. The highest BCUT2D eigenvalue weighted by atomic mass is 31.2. The number of rotatable bonds is 7. The Balaban J connectivity index is 1.83. The van der Waals surface area contributed by atoms with Gasteiger partial charge >= 0.3 is 0 Å². The van der Waals surface area contributed by atoms with Crippen LogP contribution in [-0.4, -0.2) is 4.98 Å². The maximum atomic E-state index is 14.9. The lowest BCUT2D eigenvalue weighted by Gasteiger charge is -2.30. The Morgan fingerprint density at radius 3 is 1.69 bits per heavy atom. The van der Waals surface area contributed by atoms with Gasteiger partial charge in [-0.1, -0.05) is 91.0 Å². The highest BCUT2D eigenvalue weighted by Gasteiger charge is 2.37. The number of hydrogen-bond donors (Lipinski definition) is 1. The number of benzene rings is 3. The number of pyridine rings is 1. The molecule has 4 aromatic rings. The number of nitrogens with zero attached hydrogens (tertiary/aromatic N) is 1. The summed E-state index contributed by atoms with van der Waals surface area (Å²) < 4.78 is 14.9. The van der Waals surface area contributed by atoms with Gasteiger partial charge in [-0.25, -0.2) is 0 Å². The van der Waals surface area contributed by atoms with Crippen LogP contribution in [0.5, 0.6) is 0 Å². The lowest BCUT2D eigenvalue weighted by atomic mass is 10.2. The molecule has 0 saturated carbocycles. The summed E-state index contributed by atoms with van der Waals surface area (Å²) >= 11 is 0. The molecule has 29 heavy (non-hydrogen) atoms. The van der Waals surface area contributed by atoms with E-state index in [2.05, 4.69) is 22.4 Å². The van der Waals surface area contributed by atoms with Crippen LogP contribution in [0.1, 0.15) is 16.9 Å². The fraction of sp³-hybridized carbons (Fsp3) is 0.0800. The summed E-state index contributed by atoms with van der Waals surface area (Å²) in [4.78, 5) is 4.16. The number of nitrogens with one attached hydrogen (secondary N) is 1. The van der Waals surface area contributed by atoms with E-state index in [9.17, 15) is 4.57 Å². The van der Waals surface area contributed by atoms with Crippen LogP contribution in [0.25, 0.3) is 0 Å². The van der Waals surface area contributed by atoms with Gasteiger partial charge in [0.1, 0.15) is 0 Å². The molecule has 1 unspecified atom stereocenters. The van der Waals surface area contributed by atoms with Gasteiger partial charge < -0.3 is 4.57 Å². The van der Waals surface area contributed by atoms with Crippen molar-refractivity contribution in [2.45, 2.75) is 12.3 Å². The van der Waals surface area contributed by atoms with Crippen LogP contribution >= 0.6 is 7.14 Å². The van der Waals surface area contributed by atoms with E-state index in [1.165, 1.54) is 0 Å². The molecule has 3 nitrogen and oxygen atoms in total. The topological polar surface area (TPSA) is 42.0 Å². The second-order valence-corrected chi connectivity index (χ2v) is 9.74. The van der Waals surface area contributed by atoms with Crippen molar-refractivity contribution in [2.24, 2.45) is 0 Å². The van der Waals surface area contributed by atoms with Crippen LogP contribution in [0.15, 0.2) is 116 Å². The molecule has 0 bridgehead atoms. The van der Waals surface area contributed by atoms with Crippen LogP contribution < -0.4 is 15.9 Å². The molecule has 0 spiro atoms. The molecule has 1 N–H and O–H groups in total. The van der Waals surface area contributed by atoms with E-state index in [4.69, 9.17) is 0 Å². The van der Waals surface area contributed by atoms with Gasteiger partial charge in [-0.2, -0.15) is 0 Å². The summed E-state index contributed by atoms with van der Waals surface area (Å²) in [5.41, 5.74) is 2.12. The van der Waals surface area contributed by atoms with E-state index < -0.39 is 7.14 Å². The highest BCUT2D eigenvalue weighted by molar-refractivity contribution is 7.79. The van der Waals surface area contributed by atoms with Gasteiger partial charge in [-0.15, -0.1) is 0 Å². The van der Waals surface area contributed by atoms with Gasteiger partial charge in [-0.05, 0) is 23.3 Å². The first-order chi connectivity index (χ1) is 14.3. The molecular weight excluding hydrogens is 375 g/mol. The average Bonchev–Trinajstić information content (AvgIpc) is 2.81. The molecule has 144 valence electrons. The molecule has 1 atom stereocenters. The Bertz CT molecular complexity index is 1030. The van der Waals surface area contributed by atoms with Crippen molar-refractivity contribution < 1.29 is 4.57 Å². The summed E-state index contributed by atoms with van der Waals surface area (Å²) in [5.74, 6) is -0.365. The van der Waals surface area contributed by atoms with E-state index >= 15 is 0 Å². The van der Waals surface area contributed by atoms with E-state index in [1.807, 2.05) is 91.0 Å². The van der Waals surface area contributed by atoms with Crippen molar-refractivity contribution in [1.29, 1.82) is 0 Å². The van der Waals surface area contributed by atoms with Crippen LogP contribution in [0.3, 0.4) is 0 Å². The minimum absolute atomic E-state index is 0.365. The highest BCUT2D eigenvalue weighted by Crippen LogP contribution is 2.55. The molecule has 4 rings (SSSR count). The quantitative estimate of drug-likeness (QED) is 0.451. The Labute approximate surface area is 171 Å². The molecule has 0 amide bonds. The van der Waals surface area contributed by atoms with Gasteiger partial charge in [0.25, 0.3) is 0 Å². The van der Waals surface area contributed by atoms with Gasteiger partial charge in [0, 0.05) is 29.5 Å². The Morgan fingerprint density at radius 1 is 0.690 bits per heavy atom. The molecule has 4 heteroatoms. The predicted octanol–water partition coefficient (Wildman–Crippen LogP) is 4.88. The lowest BCUT2D eigenvalue weighted by molar-refractivity contribution is 0.559. The maximum Gasteiger partial charge on any atom is 0.163 e. The summed E-state index contributed by atoms with van der Waals surface area (Å²) in [6, 6.07) is 33.7. The summed E-state index contributed by atoms with van der Waals surface area (Å²) in [6.07, 6.45) is 3.51. The average molecular weight is 398 g/mol. The predicted molar refractivity (Wildman–Crippen MR) is 120 cm³/mol. The van der Waals surface area contributed by atoms with Crippen LogP contribution in [0.2, 0.25) is 0 Å². The standard InChI is InChI=1S/C25H23N2OP/c28-29(23-12-6-2-7-13-23,24-14-8-3-9-15-24)25(22-16-18-26-19-17-22)27-20-21-10-4-1-5-11-21/h1-19,25,27H,20H2. The molecule has 3 aromatic carbocycles. The van der Waals surface area contributed by atoms with Gasteiger partial charge in [0.05, 0.1) is 5.78 Å². The fourth-order valence-electron chi connectivity index (χ4n) is 3.56. The van der Waals surface area contributed by atoms with Crippen LogP contribution in [0, 0.1) is 0 Å². The van der Waals surface area contributed by atoms with E-state index in [0.717, 1.165) is 21.7 Å². The second-order valence-electron chi connectivity index (χ2n) is 6.88. The number of aromatic nitrogens is 1. The smallest absolute Gasteiger partial charge is 0.163 e. The molecule has 1 aromatic heterocycles. The maximum absolute atomic E-state index is 14.9. The zero-order valence-electron chi connectivity index (χ0n) is 16.1. The molecule has 0 radical (unpaired) electrons. The minimum atomic E-state index is -3.03. The first kappa shape index (κ1) is 19.3. The second kappa shape index (κ2) is 9.00. The third-order valence-electron chi connectivity index (χ3n) is 5.01.